The van der Waals surface area contributed by atoms with Gasteiger partial charge in [-0.05, 0) is 72.5 Å². The lowest BCUT2D eigenvalue weighted by molar-refractivity contribution is -0.127. The lowest BCUT2D eigenvalue weighted by Gasteiger charge is -2.46. The second-order valence-electron chi connectivity index (χ2n) is 9.77. The molecule has 196 valence electrons. The summed E-state index contributed by atoms with van der Waals surface area (Å²) in [5.41, 5.74) is 0.478. The third-order valence-electron chi connectivity index (χ3n) is 7.57. The largest absolute Gasteiger partial charge is 0.379 e. The molecule has 5 N–H and O–H groups in total. The standard InChI is InChI=1S/C25H24ClFN8O3/c1-13-17(18-10-15(26)3-5-20(18)34-12-29-32-33-34)9-14-7-8-25(37,22(14)35(13)38)24(2)28-11-19(31-24)16-4-6-21(36)30-23(16)27/h3-6,9-13,28,31,37-38H,7-8H2,1-2H3,(H,30,36). The Morgan fingerprint density at radius 3 is 2.79 bits per heavy atom. The highest BCUT2D eigenvalue weighted by molar-refractivity contribution is 6.30. The molecule has 3 atom stereocenters. The van der Waals surface area contributed by atoms with Crippen molar-refractivity contribution in [3.8, 4) is 5.69 Å². The Labute approximate surface area is 220 Å². The molecule has 3 aliphatic rings. The quantitative estimate of drug-likeness (QED) is 0.316. The lowest BCUT2D eigenvalue weighted by Crippen LogP contribution is -2.66. The maximum absolute atomic E-state index is 14.5. The summed E-state index contributed by atoms with van der Waals surface area (Å²) in [4.78, 5) is 13.6. The second-order valence-corrected chi connectivity index (χ2v) is 10.2. The molecule has 2 aliphatic heterocycles. The Balaban J connectivity index is 1.39. The van der Waals surface area contributed by atoms with Crippen LogP contribution in [0.2, 0.25) is 5.02 Å². The van der Waals surface area contributed by atoms with Gasteiger partial charge in [0.2, 0.25) is 11.5 Å². The number of tetrazole rings is 1. The molecular formula is C25H24ClFN8O3. The van der Waals surface area contributed by atoms with Gasteiger partial charge < -0.3 is 15.7 Å². The van der Waals surface area contributed by atoms with Crippen molar-refractivity contribution in [1.82, 2.24) is 40.9 Å². The van der Waals surface area contributed by atoms with Crippen molar-refractivity contribution < 1.29 is 14.7 Å². The molecule has 0 fully saturated rings. The first-order valence-electron chi connectivity index (χ1n) is 12.0. The van der Waals surface area contributed by atoms with Gasteiger partial charge >= 0.3 is 0 Å². The van der Waals surface area contributed by atoms with Gasteiger partial charge in [-0.2, -0.15) is 9.07 Å². The summed E-state index contributed by atoms with van der Waals surface area (Å²) in [5, 5.41) is 42.9. The van der Waals surface area contributed by atoms with Crippen LogP contribution in [0.5, 0.6) is 0 Å². The minimum Gasteiger partial charge on any atom is -0.379 e. The summed E-state index contributed by atoms with van der Waals surface area (Å²) in [6.07, 6.45) is 5.74. The van der Waals surface area contributed by atoms with E-state index in [2.05, 4.69) is 31.1 Å². The van der Waals surface area contributed by atoms with Crippen LogP contribution in [0.1, 0.15) is 37.8 Å². The average Bonchev–Trinajstić information content (AvgIpc) is 3.62. The van der Waals surface area contributed by atoms with E-state index in [9.17, 15) is 19.5 Å². The maximum Gasteiger partial charge on any atom is 0.250 e. The van der Waals surface area contributed by atoms with Crippen molar-refractivity contribution in [2.45, 2.75) is 44.0 Å². The van der Waals surface area contributed by atoms with E-state index < -0.39 is 28.8 Å². The zero-order chi connectivity index (χ0) is 26.8. The van der Waals surface area contributed by atoms with E-state index in [0.717, 1.165) is 21.8 Å². The molecule has 11 nitrogen and oxygen atoms in total. The number of pyridine rings is 1. The van der Waals surface area contributed by atoms with Gasteiger partial charge in [0.15, 0.2) is 0 Å². The molecule has 3 aromatic rings. The van der Waals surface area contributed by atoms with E-state index in [-0.39, 0.29) is 12.0 Å². The van der Waals surface area contributed by atoms with Crippen molar-refractivity contribution in [3.05, 3.63) is 92.7 Å². The van der Waals surface area contributed by atoms with E-state index in [0.29, 0.717) is 28.5 Å². The lowest BCUT2D eigenvalue weighted by atomic mass is 9.83. The van der Waals surface area contributed by atoms with E-state index in [1.807, 2.05) is 13.0 Å². The van der Waals surface area contributed by atoms with Gasteiger partial charge in [-0.25, -0.2) is 0 Å². The number of aliphatic hydroxyl groups is 1. The normalized spacial score (nSPS) is 26.6. The fourth-order valence-corrected chi connectivity index (χ4v) is 5.68. The summed E-state index contributed by atoms with van der Waals surface area (Å²) in [6.45, 7) is 3.55. The second kappa shape index (κ2) is 8.51. The SMILES string of the molecule is CC1C(c2cc(Cl)ccc2-n2cnnn2)=CC2=C(N1O)C(O)(C1(C)NC=C(c3ccc(=O)[nH]c3F)N1)CC2. The number of hydroxylamine groups is 2. The summed E-state index contributed by atoms with van der Waals surface area (Å²) < 4.78 is 16.0. The van der Waals surface area contributed by atoms with E-state index in [4.69, 9.17) is 11.6 Å². The molecule has 1 aromatic carbocycles. The zero-order valence-electron chi connectivity index (χ0n) is 20.4. The van der Waals surface area contributed by atoms with E-state index >= 15 is 0 Å². The first-order valence-corrected chi connectivity index (χ1v) is 12.3. The van der Waals surface area contributed by atoms with Crippen LogP contribution >= 0.6 is 11.6 Å². The third kappa shape index (κ3) is 3.56. The third-order valence-corrected chi connectivity index (χ3v) is 7.81. The Kier molecular flexibility index (Phi) is 5.45. The summed E-state index contributed by atoms with van der Waals surface area (Å²) in [7, 11) is 0. The van der Waals surface area contributed by atoms with Crippen molar-refractivity contribution in [2.75, 3.05) is 0 Å². The Morgan fingerprint density at radius 2 is 2.05 bits per heavy atom. The zero-order valence-corrected chi connectivity index (χ0v) is 21.2. The van der Waals surface area contributed by atoms with E-state index in [1.165, 1.54) is 23.1 Å². The first-order chi connectivity index (χ1) is 18.1. The summed E-state index contributed by atoms with van der Waals surface area (Å²) >= 11 is 6.34. The van der Waals surface area contributed by atoms with Crippen LogP contribution in [0.15, 0.2) is 65.0 Å². The molecule has 4 heterocycles. The molecule has 0 radical (unpaired) electrons. The minimum absolute atomic E-state index is 0.146. The molecule has 2 aromatic heterocycles. The highest BCUT2D eigenvalue weighted by atomic mass is 35.5. The van der Waals surface area contributed by atoms with Gasteiger partial charge in [-0.15, -0.1) is 5.10 Å². The predicted octanol–water partition coefficient (Wildman–Crippen LogP) is 2.31. The predicted molar refractivity (Wildman–Crippen MR) is 136 cm³/mol. The monoisotopic (exact) mass is 538 g/mol. The topological polar surface area (TPSA) is 144 Å². The fraction of sp³-hybridized carbons (Fsp3) is 0.280. The maximum atomic E-state index is 14.5. The average molecular weight is 539 g/mol. The molecule has 0 bridgehead atoms. The Hall–Kier alpha value is -4.00. The van der Waals surface area contributed by atoms with Gasteiger partial charge in [0.1, 0.15) is 17.6 Å². The molecule has 38 heavy (non-hydrogen) atoms. The fourth-order valence-electron chi connectivity index (χ4n) is 5.51. The number of rotatable bonds is 4. The number of allylic oxidation sites excluding steroid dienone is 2. The van der Waals surface area contributed by atoms with Crippen LogP contribution in [0.4, 0.5) is 4.39 Å². The van der Waals surface area contributed by atoms with Gasteiger partial charge in [0.05, 0.1) is 28.7 Å². The number of halogens is 2. The van der Waals surface area contributed by atoms with Crippen LogP contribution in [0.3, 0.4) is 0 Å². The van der Waals surface area contributed by atoms with Crippen molar-refractivity contribution in [1.29, 1.82) is 0 Å². The molecule has 0 saturated heterocycles. The molecular weight excluding hydrogens is 515 g/mol. The molecule has 3 unspecified atom stereocenters. The van der Waals surface area contributed by atoms with Crippen LogP contribution < -0.4 is 16.2 Å². The van der Waals surface area contributed by atoms with Gasteiger partial charge in [0.25, 0.3) is 0 Å². The van der Waals surface area contributed by atoms with Crippen LogP contribution in [0.25, 0.3) is 17.0 Å². The molecule has 0 amide bonds. The van der Waals surface area contributed by atoms with Crippen LogP contribution in [-0.4, -0.2) is 57.9 Å². The smallest absolute Gasteiger partial charge is 0.250 e. The highest BCUT2D eigenvalue weighted by Gasteiger charge is 2.58. The summed E-state index contributed by atoms with van der Waals surface area (Å²) in [5.74, 6) is -0.789. The van der Waals surface area contributed by atoms with Gasteiger partial charge in [-0.1, -0.05) is 17.7 Å². The number of aromatic nitrogens is 5. The van der Waals surface area contributed by atoms with Crippen molar-refractivity contribution in [3.63, 3.8) is 0 Å². The number of hydrogen-bond donors (Lipinski definition) is 5. The number of hydrogen-bond acceptors (Lipinski definition) is 9. The molecule has 1 aliphatic carbocycles. The number of nitrogens with one attached hydrogen (secondary N) is 3. The molecule has 6 rings (SSSR count). The molecule has 0 saturated carbocycles. The Bertz CT molecular complexity index is 1600. The Morgan fingerprint density at radius 1 is 1.24 bits per heavy atom. The van der Waals surface area contributed by atoms with Gasteiger partial charge in [-0.3, -0.25) is 20.0 Å². The van der Waals surface area contributed by atoms with Crippen molar-refractivity contribution >= 4 is 22.9 Å². The summed E-state index contributed by atoms with van der Waals surface area (Å²) in [6, 6.07) is 7.35. The van der Waals surface area contributed by atoms with Crippen LogP contribution in [0, 0.1) is 5.95 Å². The van der Waals surface area contributed by atoms with E-state index in [1.54, 1.807) is 31.3 Å². The van der Waals surface area contributed by atoms with Gasteiger partial charge in [0, 0.05) is 22.9 Å². The molecule has 13 heteroatoms. The molecule has 0 spiro atoms. The first kappa shape index (κ1) is 24.3. The number of nitrogens with zero attached hydrogens (tertiary/aromatic N) is 5. The van der Waals surface area contributed by atoms with Crippen LogP contribution in [-0.2, 0) is 0 Å². The number of aromatic amines is 1. The number of benzene rings is 1. The number of H-pyrrole nitrogens is 1. The minimum atomic E-state index is -1.57. The van der Waals surface area contributed by atoms with Crippen molar-refractivity contribution in [2.24, 2.45) is 0 Å². The highest BCUT2D eigenvalue weighted by Crippen LogP contribution is 2.50.